The van der Waals surface area contributed by atoms with Crippen molar-refractivity contribution in [3.05, 3.63) is 64.2 Å². The molecule has 5 heteroatoms. The second kappa shape index (κ2) is 11.0. The van der Waals surface area contributed by atoms with Crippen LogP contribution in [-0.4, -0.2) is 35.4 Å². The SMILES string of the molecule is CC[C@@H](C)NC(=O)[C@@H](C)N(Cc1cccc(C)c1)C(=O)COc1cc(C)cc(C)c1C. The van der Waals surface area contributed by atoms with Crippen molar-refractivity contribution in [3.8, 4) is 5.75 Å². The minimum absolute atomic E-state index is 0.0556. The van der Waals surface area contributed by atoms with E-state index in [1.165, 1.54) is 0 Å². The summed E-state index contributed by atoms with van der Waals surface area (Å²) in [6.45, 7) is 14.0. The van der Waals surface area contributed by atoms with E-state index in [0.717, 1.165) is 34.2 Å². The van der Waals surface area contributed by atoms with E-state index in [4.69, 9.17) is 4.74 Å². The van der Waals surface area contributed by atoms with Crippen molar-refractivity contribution < 1.29 is 14.3 Å². The van der Waals surface area contributed by atoms with Crippen LogP contribution in [0.3, 0.4) is 0 Å². The molecular weight excluding hydrogens is 388 g/mol. The fraction of sp³-hybridized carbons (Fsp3) is 0.462. The highest BCUT2D eigenvalue weighted by molar-refractivity contribution is 5.88. The lowest BCUT2D eigenvalue weighted by Gasteiger charge is -2.30. The van der Waals surface area contributed by atoms with E-state index in [-0.39, 0.29) is 24.5 Å². The molecule has 0 saturated heterocycles. The summed E-state index contributed by atoms with van der Waals surface area (Å²) >= 11 is 0. The number of hydrogen-bond donors (Lipinski definition) is 1. The van der Waals surface area contributed by atoms with Crippen molar-refractivity contribution >= 4 is 11.8 Å². The van der Waals surface area contributed by atoms with Crippen LogP contribution in [-0.2, 0) is 16.1 Å². The average molecular weight is 425 g/mol. The molecule has 0 spiro atoms. The molecule has 0 saturated carbocycles. The van der Waals surface area contributed by atoms with Gasteiger partial charge in [-0.25, -0.2) is 0 Å². The first-order chi connectivity index (χ1) is 14.6. The van der Waals surface area contributed by atoms with Gasteiger partial charge in [-0.3, -0.25) is 9.59 Å². The normalized spacial score (nSPS) is 12.7. The Hall–Kier alpha value is -2.82. The van der Waals surface area contributed by atoms with Crippen molar-refractivity contribution in [2.75, 3.05) is 6.61 Å². The van der Waals surface area contributed by atoms with Crippen molar-refractivity contribution in [1.82, 2.24) is 10.2 Å². The molecule has 31 heavy (non-hydrogen) atoms. The molecular formula is C26H36N2O3. The molecule has 0 bridgehead atoms. The highest BCUT2D eigenvalue weighted by Gasteiger charge is 2.27. The maximum Gasteiger partial charge on any atom is 0.261 e. The molecule has 0 unspecified atom stereocenters. The summed E-state index contributed by atoms with van der Waals surface area (Å²) in [5.74, 6) is 0.336. The number of carbonyl (C=O) groups is 2. The third kappa shape index (κ3) is 6.84. The number of carbonyl (C=O) groups excluding carboxylic acids is 2. The van der Waals surface area contributed by atoms with Gasteiger partial charge in [-0.15, -0.1) is 0 Å². The van der Waals surface area contributed by atoms with Crippen LogP contribution in [0.25, 0.3) is 0 Å². The van der Waals surface area contributed by atoms with Crippen molar-refractivity contribution in [1.29, 1.82) is 0 Å². The Morgan fingerprint density at radius 2 is 1.74 bits per heavy atom. The van der Waals surface area contributed by atoms with Gasteiger partial charge in [0.15, 0.2) is 6.61 Å². The fourth-order valence-electron chi connectivity index (χ4n) is 3.43. The molecule has 0 aromatic heterocycles. The summed E-state index contributed by atoms with van der Waals surface area (Å²) in [5.41, 5.74) is 5.33. The number of aryl methyl sites for hydroxylation is 3. The third-order valence-corrected chi connectivity index (χ3v) is 5.72. The van der Waals surface area contributed by atoms with E-state index in [1.54, 1.807) is 11.8 Å². The molecule has 0 radical (unpaired) electrons. The molecule has 0 aliphatic carbocycles. The van der Waals surface area contributed by atoms with Crippen LogP contribution in [0, 0.1) is 27.7 Å². The van der Waals surface area contributed by atoms with Crippen LogP contribution in [0.5, 0.6) is 5.75 Å². The lowest BCUT2D eigenvalue weighted by atomic mass is 10.1. The van der Waals surface area contributed by atoms with Crippen LogP contribution >= 0.6 is 0 Å². The van der Waals surface area contributed by atoms with E-state index < -0.39 is 6.04 Å². The summed E-state index contributed by atoms with van der Waals surface area (Å²) in [6.07, 6.45) is 0.833. The van der Waals surface area contributed by atoms with Crippen molar-refractivity contribution in [2.45, 2.75) is 73.5 Å². The van der Waals surface area contributed by atoms with Crippen molar-refractivity contribution in [3.63, 3.8) is 0 Å². The second-order valence-corrected chi connectivity index (χ2v) is 8.50. The van der Waals surface area contributed by atoms with Crippen LogP contribution < -0.4 is 10.1 Å². The first-order valence-electron chi connectivity index (χ1n) is 11.0. The Morgan fingerprint density at radius 3 is 2.39 bits per heavy atom. The summed E-state index contributed by atoms with van der Waals surface area (Å²) < 4.78 is 5.91. The van der Waals surface area contributed by atoms with Gasteiger partial charge >= 0.3 is 0 Å². The van der Waals surface area contributed by atoms with Gasteiger partial charge in [0.25, 0.3) is 5.91 Å². The topological polar surface area (TPSA) is 58.6 Å². The molecule has 2 amide bonds. The van der Waals surface area contributed by atoms with E-state index >= 15 is 0 Å². The van der Waals surface area contributed by atoms with Gasteiger partial charge in [-0.1, -0.05) is 42.8 Å². The van der Waals surface area contributed by atoms with Gasteiger partial charge in [-0.05, 0) is 76.3 Å². The average Bonchev–Trinajstić information content (AvgIpc) is 2.72. The Kier molecular flexibility index (Phi) is 8.66. The molecule has 0 aliphatic heterocycles. The zero-order valence-electron chi connectivity index (χ0n) is 19.9. The van der Waals surface area contributed by atoms with Gasteiger partial charge in [0.1, 0.15) is 11.8 Å². The van der Waals surface area contributed by atoms with Crippen LogP contribution in [0.4, 0.5) is 0 Å². The van der Waals surface area contributed by atoms with Crippen molar-refractivity contribution in [2.24, 2.45) is 0 Å². The van der Waals surface area contributed by atoms with Crippen LogP contribution in [0.1, 0.15) is 55.0 Å². The minimum Gasteiger partial charge on any atom is -0.483 e. The number of hydrogen-bond acceptors (Lipinski definition) is 3. The van der Waals surface area contributed by atoms with E-state index in [9.17, 15) is 9.59 Å². The molecule has 1 N–H and O–H groups in total. The van der Waals surface area contributed by atoms with Gasteiger partial charge in [0.2, 0.25) is 5.91 Å². The Labute approximate surface area is 186 Å². The largest absolute Gasteiger partial charge is 0.483 e. The Morgan fingerprint density at radius 1 is 1.03 bits per heavy atom. The Bertz CT molecular complexity index is 923. The van der Waals surface area contributed by atoms with Gasteiger partial charge in [0.05, 0.1) is 0 Å². The molecule has 0 fully saturated rings. The predicted molar refractivity (Wildman–Crippen MR) is 125 cm³/mol. The molecule has 2 aromatic rings. The highest BCUT2D eigenvalue weighted by atomic mass is 16.5. The lowest BCUT2D eigenvalue weighted by Crippen LogP contribution is -2.50. The maximum absolute atomic E-state index is 13.2. The van der Waals surface area contributed by atoms with E-state index in [1.807, 2.05) is 71.9 Å². The third-order valence-electron chi connectivity index (χ3n) is 5.72. The number of amides is 2. The minimum atomic E-state index is -0.606. The predicted octanol–water partition coefficient (Wildman–Crippen LogP) is 4.63. The lowest BCUT2D eigenvalue weighted by molar-refractivity contribution is -0.142. The summed E-state index contributed by atoms with van der Waals surface area (Å²) in [7, 11) is 0. The summed E-state index contributed by atoms with van der Waals surface area (Å²) in [4.78, 5) is 27.6. The smallest absolute Gasteiger partial charge is 0.261 e. The highest BCUT2D eigenvalue weighted by Crippen LogP contribution is 2.23. The first kappa shape index (κ1) is 24.4. The van der Waals surface area contributed by atoms with Gasteiger partial charge in [-0.2, -0.15) is 0 Å². The fourth-order valence-corrected chi connectivity index (χ4v) is 3.43. The van der Waals surface area contributed by atoms with E-state index in [2.05, 4.69) is 11.4 Å². The molecule has 2 atom stereocenters. The molecule has 0 aliphatic rings. The standard InChI is InChI=1S/C26H36N2O3/c1-8-20(5)27-26(30)22(7)28(15-23-11-9-10-17(2)13-23)25(29)16-31-24-14-18(3)12-19(4)21(24)6/h9-14,20,22H,8,15-16H2,1-7H3,(H,27,30)/t20-,22-/m1/s1. The van der Waals surface area contributed by atoms with Gasteiger partial charge in [0, 0.05) is 12.6 Å². The van der Waals surface area contributed by atoms with Crippen LogP contribution in [0.2, 0.25) is 0 Å². The van der Waals surface area contributed by atoms with Gasteiger partial charge < -0.3 is 15.0 Å². The summed E-state index contributed by atoms with van der Waals surface area (Å²) in [5, 5.41) is 2.99. The molecule has 2 aromatic carbocycles. The van der Waals surface area contributed by atoms with Crippen LogP contribution in [0.15, 0.2) is 36.4 Å². The maximum atomic E-state index is 13.2. The number of benzene rings is 2. The number of rotatable bonds is 9. The number of nitrogens with one attached hydrogen (secondary N) is 1. The second-order valence-electron chi connectivity index (χ2n) is 8.50. The molecule has 2 rings (SSSR count). The summed E-state index contributed by atoms with van der Waals surface area (Å²) in [6, 6.07) is 11.5. The number of ether oxygens (including phenoxy) is 1. The Balaban J connectivity index is 2.22. The molecule has 5 nitrogen and oxygen atoms in total. The zero-order valence-corrected chi connectivity index (χ0v) is 19.9. The molecule has 168 valence electrons. The van der Waals surface area contributed by atoms with E-state index in [0.29, 0.717) is 12.3 Å². The first-order valence-corrected chi connectivity index (χ1v) is 11.0. The molecule has 0 heterocycles. The monoisotopic (exact) mass is 424 g/mol. The zero-order chi connectivity index (χ0) is 23.1. The quantitative estimate of drug-likeness (QED) is 0.638. The number of nitrogens with zero attached hydrogens (tertiary/aromatic N) is 1.